The fourth-order valence-electron chi connectivity index (χ4n) is 3.96. The Labute approximate surface area is 145 Å². The van der Waals surface area contributed by atoms with Gasteiger partial charge in [-0.3, -0.25) is 9.59 Å². The molecule has 2 aliphatic carbocycles. The maximum absolute atomic E-state index is 13.4. The molecule has 0 aromatic rings. The van der Waals surface area contributed by atoms with Gasteiger partial charge in [0, 0.05) is 5.57 Å². The quantitative estimate of drug-likeness (QED) is 0.726. The molecule has 0 aromatic heterocycles. The van der Waals surface area contributed by atoms with Gasteiger partial charge in [0.15, 0.2) is 17.0 Å². The number of methoxy groups -OCH3 is 1. The Kier molecular flexibility index (Phi) is 4.73. The zero-order valence-corrected chi connectivity index (χ0v) is 16.2. The molecule has 0 unspecified atom stereocenters. The van der Waals surface area contributed by atoms with Gasteiger partial charge >= 0.3 is 0 Å². The van der Waals surface area contributed by atoms with Crippen molar-refractivity contribution < 1.29 is 19.1 Å². The second-order valence-corrected chi connectivity index (χ2v) is 8.29. The minimum Gasteiger partial charge on any atom is -0.500 e. The van der Waals surface area contributed by atoms with E-state index in [1.165, 1.54) is 0 Å². The molecular weight excluding hydrogens is 304 g/mol. The van der Waals surface area contributed by atoms with Crippen LogP contribution < -0.4 is 0 Å². The van der Waals surface area contributed by atoms with Crippen molar-refractivity contribution in [2.75, 3.05) is 7.11 Å². The Hall–Kier alpha value is -1.58. The zero-order chi connectivity index (χ0) is 18.4. The van der Waals surface area contributed by atoms with E-state index in [0.717, 1.165) is 18.4 Å². The van der Waals surface area contributed by atoms with Crippen molar-refractivity contribution in [3.05, 3.63) is 22.7 Å². The first-order valence-electron chi connectivity index (χ1n) is 8.75. The first kappa shape index (κ1) is 18.8. The number of allylic oxidation sites excluding steroid dienone is 4. The lowest BCUT2D eigenvalue weighted by Gasteiger charge is -2.40. The van der Waals surface area contributed by atoms with Crippen LogP contribution >= 0.6 is 0 Å². The molecular formula is C20H30O4. The van der Waals surface area contributed by atoms with Crippen molar-refractivity contribution >= 4 is 11.6 Å². The molecule has 134 valence electrons. The Bertz CT molecular complexity index is 631. The highest BCUT2D eigenvalue weighted by Gasteiger charge is 2.63. The van der Waals surface area contributed by atoms with Gasteiger partial charge in [0.05, 0.1) is 7.11 Å². The van der Waals surface area contributed by atoms with E-state index in [0.29, 0.717) is 11.3 Å². The molecule has 24 heavy (non-hydrogen) atoms. The van der Waals surface area contributed by atoms with Crippen molar-refractivity contribution in [2.24, 2.45) is 17.3 Å². The third-order valence-electron chi connectivity index (χ3n) is 5.15. The molecule has 2 atom stereocenters. The van der Waals surface area contributed by atoms with E-state index in [9.17, 15) is 9.59 Å². The van der Waals surface area contributed by atoms with Crippen molar-refractivity contribution in [3.63, 3.8) is 0 Å². The molecule has 0 saturated heterocycles. The van der Waals surface area contributed by atoms with E-state index in [-0.39, 0.29) is 29.2 Å². The molecule has 2 rings (SSSR count). The highest BCUT2D eigenvalue weighted by molar-refractivity contribution is 6.28. The molecule has 0 aliphatic heterocycles. The fourth-order valence-corrected chi connectivity index (χ4v) is 3.96. The Morgan fingerprint density at radius 2 is 1.75 bits per heavy atom. The zero-order valence-electron chi connectivity index (χ0n) is 16.2. The lowest BCUT2D eigenvalue weighted by atomic mass is 9.63. The number of hydrogen-bond donors (Lipinski definition) is 0. The summed E-state index contributed by atoms with van der Waals surface area (Å²) in [6, 6.07) is 0. The van der Waals surface area contributed by atoms with Crippen LogP contribution in [-0.2, 0) is 19.1 Å². The van der Waals surface area contributed by atoms with Crippen molar-refractivity contribution in [2.45, 2.75) is 66.9 Å². The molecule has 1 spiro atoms. The second kappa shape index (κ2) is 6.05. The maximum atomic E-state index is 13.4. The van der Waals surface area contributed by atoms with Crippen molar-refractivity contribution in [1.29, 1.82) is 0 Å². The molecule has 0 fully saturated rings. The number of ketones is 2. The lowest BCUT2D eigenvalue weighted by Crippen LogP contribution is -2.47. The van der Waals surface area contributed by atoms with Crippen LogP contribution in [0.15, 0.2) is 22.7 Å². The van der Waals surface area contributed by atoms with Gasteiger partial charge in [0.2, 0.25) is 5.78 Å². The second-order valence-electron chi connectivity index (χ2n) is 8.29. The summed E-state index contributed by atoms with van der Waals surface area (Å²) in [4.78, 5) is 26.7. The maximum Gasteiger partial charge on any atom is 0.219 e. The van der Waals surface area contributed by atoms with Gasteiger partial charge < -0.3 is 9.47 Å². The average Bonchev–Trinajstić information content (AvgIpc) is 2.64. The van der Waals surface area contributed by atoms with E-state index < -0.39 is 11.0 Å². The van der Waals surface area contributed by atoms with Gasteiger partial charge in [0.25, 0.3) is 0 Å². The largest absolute Gasteiger partial charge is 0.500 e. The molecule has 4 heteroatoms. The van der Waals surface area contributed by atoms with Crippen LogP contribution in [0, 0.1) is 17.3 Å². The van der Waals surface area contributed by atoms with Crippen LogP contribution in [0.2, 0.25) is 0 Å². The summed E-state index contributed by atoms with van der Waals surface area (Å²) in [5, 5.41) is 0. The Morgan fingerprint density at radius 1 is 1.17 bits per heavy atom. The SMILES string of the molecule is COC1=C(C(C)C)CC[C@@H](C)[C@@]12C(=O)C(C)=C(OC(C)(C)C)C2=O. The first-order valence-corrected chi connectivity index (χ1v) is 8.75. The van der Waals surface area contributed by atoms with Crippen molar-refractivity contribution in [3.8, 4) is 0 Å². The van der Waals surface area contributed by atoms with Gasteiger partial charge in [-0.05, 0) is 57.9 Å². The average molecular weight is 334 g/mol. The van der Waals surface area contributed by atoms with Crippen LogP contribution in [0.1, 0.15) is 61.3 Å². The summed E-state index contributed by atoms with van der Waals surface area (Å²) in [5.74, 6) is 0.497. The summed E-state index contributed by atoms with van der Waals surface area (Å²) in [6.07, 6.45) is 1.66. The summed E-state index contributed by atoms with van der Waals surface area (Å²) in [6.45, 7) is 13.5. The van der Waals surface area contributed by atoms with E-state index in [2.05, 4.69) is 13.8 Å². The first-order chi connectivity index (χ1) is 11.0. The number of carbonyl (C=O) groups is 2. The van der Waals surface area contributed by atoms with E-state index >= 15 is 0 Å². The molecule has 0 radical (unpaired) electrons. The monoisotopic (exact) mass is 334 g/mol. The molecule has 0 saturated carbocycles. The van der Waals surface area contributed by atoms with Gasteiger partial charge in [-0.2, -0.15) is 0 Å². The van der Waals surface area contributed by atoms with Gasteiger partial charge in [-0.15, -0.1) is 0 Å². The van der Waals surface area contributed by atoms with Crippen LogP contribution in [0.3, 0.4) is 0 Å². The van der Waals surface area contributed by atoms with Gasteiger partial charge in [0.1, 0.15) is 11.4 Å². The minimum atomic E-state index is -1.24. The molecule has 2 aliphatic rings. The van der Waals surface area contributed by atoms with E-state index in [4.69, 9.17) is 9.47 Å². The Morgan fingerprint density at radius 3 is 2.21 bits per heavy atom. The van der Waals surface area contributed by atoms with E-state index in [1.54, 1.807) is 14.0 Å². The highest BCUT2D eigenvalue weighted by atomic mass is 16.5. The molecule has 0 N–H and O–H groups in total. The number of hydrogen-bond acceptors (Lipinski definition) is 4. The predicted molar refractivity (Wildman–Crippen MR) is 93.3 cm³/mol. The highest BCUT2D eigenvalue weighted by Crippen LogP contribution is 2.54. The summed E-state index contributed by atoms with van der Waals surface area (Å²) >= 11 is 0. The normalized spacial score (nSPS) is 28.5. The Balaban J connectivity index is 2.66. The molecule has 0 heterocycles. The van der Waals surface area contributed by atoms with Crippen molar-refractivity contribution in [1.82, 2.24) is 0 Å². The van der Waals surface area contributed by atoms with Crippen LogP contribution in [0.5, 0.6) is 0 Å². The molecule has 4 nitrogen and oxygen atoms in total. The van der Waals surface area contributed by atoms with E-state index in [1.807, 2.05) is 27.7 Å². The van der Waals surface area contributed by atoms with Crippen LogP contribution in [0.4, 0.5) is 0 Å². The number of ether oxygens (including phenoxy) is 2. The summed E-state index contributed by atoms with van der Waals surface area (Å²) in [7, 11) is 1.57. The lowest BCUT2D eigenvalue weighted by molar-refractivity contribution is -0.140. The summed E-state index contributed by atoms with van der Waals surface area (Å²) in [5.41, 5.74) is -0.283. The molecule has 0 bridgehead atoms. The molecule has 0 amide bonds. The third kappa shape index (κ3) is 2.60. The minimum absolute atomic E-state index is 0.106. The smallest absolute Gasteiger partial charge is 0.219 e. The third-order valence-corrected chi connectivity index (χ3v) is 5.15. The summed E-state index contributed by atoms with van der Waals surface area (Å²) < 4.78 is 11.6. The predicted octanol–water partition coefficient (Wildman–Crippen LogP) is 4.20. The van der Waals surface area contributed by atoms with Gasteiger partial charge in [-0.25, -0.2) is 0 Å². The van der Waals surface area contributed by atoms with Crippen LogP contribution in [0.25, 0.3) is 0 Å². The van der Waals surface area contributed by atoms with Gasteiger partial charge in [-0.1, -0.05) is 20.8 Å². The number of rotatable bonds is 3. The molecule has 0 aromatic carbocycles. The van der Waals surface area contributed by atoms with Crippen LogP contribution in [-0.4, -0.2) is 24.3 Å². The number of Topliss-reactive ketones (excluding diaryl/α,β-unsaturated/α-hetero) is 2. The standard InChI is InChI=1S/C20H30O4/c1-11(2)14-10-9-12(3)20(18(14)23-8)16(21)13(4)15(17(20)22)24-19(5,6)7/h11-12H,9-10H2,1-8H3/t12-,20+/m1/s1. The number of carbonyl (C=O) groups excluding carboxylic acids is 2. The topological polar surface area (TPSA) is 52.6 Å². The fraction of sp³-hybridized carbons (Fsp3) is 0.700.